The number of halogens is 4. The lowest BCUT2D eigenvalue weighted by Gasteiger charge is -2.26. The molecule has 1 aliphatic heterocycles. The van der Waals surface area contributed by atoms with Crippen molar-refractivity contribution in [1.29, 1.82) is 0 Å². The van der Waals surface area contributed by atoms with Crippen LogP contribution in [-0.4, -0.2) is 18.0 Å². The molecule has 1 fully saturated rings. The van der Waals surface area contributed by atoms with Crippen LogP contribution in [0.5, 0.6) is 0 Å². The first-order valence-corrected chi connectivity index (χ1v) is 6.55. The monoisotopic (exact) mass is 324 g/mol. The summed E-state index contributed by atoms with van der Waals surface area (Å²) < 4.78 is 48.6. The van der Waals surface area contributed by atoms with Crippen molar-refractivity contribution in [2.75, 3.05) is 11.9 Å². The molecule has 0 bridgehead atoms. The van der Waals surface area contributed by atoms with Crippen molar-refractivity contribution in [3.8, 4) is 0 Å². The van der Waals surface area contributed by atoms with Crippen molar-refractivity contribution < 1.29 is 22.6 Å². The third-order valence-electron chi connectivity index (χ3n) is 2.77. The zero-order valence-corrected chi connectivity index (χ0v) is 11.2. The van der Waals surface area contributed by atoms with Crippen LogP contribution in [0.1, 0.15) is 18.1 Å². The molecular weight excluding hydrogens is 313 g/mol. The summed E-state index contributed by atoms with van der Waals surface area (Å²) in [7, 11) is 0. The average Bonchev–Trinajstić information content (AvgIpc) is 2.71. The summed E-state index contributed by atoms with van der Waals surface area (Å²) in [5.41, 5.74) is -0.0984. The molecule has 6 heteroatoms. The lowest BCUT2D eigenvalue weighted by Crippen LogP contribution is -2.29. The van der Waals surface area contributed by atoms with Crippen LogP contribution >= 0.6 is 15.9 Å². The van der Waals surface area contributed by atoms with Crippen LogP contribution in [0.4, 0.5) is 13.2 Å². The number of alkyl halides is 4. The largest absolute Gasteiger partial charge is 0.416 e. The van der Waals surface area contributed by atoms with Gasteiger partial charge in [-0.2, -0.15) is 13.2 Å². The molecule has 1 aliphatic rings. The molecule has 0 radical (unpaired) electrons. The molecule has 2 nitrogen and oxygen atoms in total. The van der Waals surface area contributed by atoms with Gasteiger partial charge in [-0.25, -0.2) is 0 Å². The molecule has 0 spiro atoms. The van der Waals surface area contributed by atoms with Crippen LogP contribution in [0.3, 0.4) is 0 Å². The predicted molar refractivity (Wildman–Crippen MR) is 63.4 cm³/mol. The molecule has 2 atom stereocenters. The maximum Gasteiger partial charge on any atom is 0.416 e. The number of rotatable bonds is 2. The molecule has 0 amide bonds. The van der Waals surface area contributed by atoms with E-state index >= 15 is 0 Å². The third-order valence-corrected chi connectivity index (χ3v) is 3.51. The van der Waals surface area contributed by atoms with Crippen LogP contribution in [0.25, 0.3) is 0 Å². The molecule has 100 valence electrons. The van der Waals surface area contributed by atoms with E-state index in [1.165, 1.54) is 12.1 Å². The number of hydrogen-bond acceptors (Lipinski definition) is 2. The second-order valence-corrected chi connectivity index (χ2v) is 4.76. The smallest absolute Gasteiger partial charge is 0.342 e. The Kier molecular flexibility index (Phi) is 3.71. The van der Waals surface area contributed by atoms with Gasteiger partial charge in [0.25, 0.3) is 0 Å². The summed E-state index contributed by atoms with van der Waals surface area (Å²) in [6.45, 7) is 2.28. The van der Waals surface area contributed by atoms with Crippen LogP contribution in [-0.2, 0) is 21.4 Å². The zero-order valence-electron chi connectivity index (χ0n) is 9.63. The van der Waals surface area contributed by atoms with Crippen molar-refractivity contribution in [2.24, 2.45) is 0 Å². The summed E-state index contributed by atoms with van der Waals surface area (Å²) in [6, 6.07) is 4.86. The Morgan fingerprint density at radius 2 is 1.94 bits per heavy atom. The molecular formula is C12H12BrF3O2. The van der Waals surface area contributed by atoms with E-state index in [4.69, 9.17) is 9.47 Å². The van der Waals surface area contributed by atoms with Gasteiger partial charge in [-0.05, 0) is 19.1 Å². The van der Waals surface area contributed by atoms with Gasteiger partial charge in [-0.15, -0.1) is 0 Å². The van der Waals surface area contributed by atoms with E-state index in [-0.39, 0.29) is 6.10 Å². The van der Waals surface area contributed by atoms with Gasteiger partial charge < -0.3 is 9.47 Å². The average molecular weight is 325 g/mol. The van der Waals surface area contributed by atoms with Gasteiger partial charge in [0, 0.05) is 5.56 Å². The maximum absolute atomic E-state index is 12.5. The van der Waals surface area contributed by atoms with Crippen molar-refractivity contribution in [2.45, 2.75) is 25.0 Å². The van der Waals surface area contributed by atoms with Gasteiger partial charge in [0.15, 0.2) is 0 Å². The Morgan fingerprint density at radius 3 is 2.33 bits per heavy atom. The fourth-order valence-electron chi connectivity index (χ4n) is 1.86. The van der Waals surface area contributed by atoms with Crippen LogP contribution < -0.4 is 0 Å². The summed E-state index contributed by atoms with van der Waals surface area (Å²) in [5.74, 6) is -0.983. The zero-order chi connectivity index (χ0) is 13.4. The van der Waals surface area contributed by atoms with Crippen LogP contribution in [0.15, 0.2) is 24.3 Å². The Bertz CT molecular complexity index is 418. The number of ether oxygens (including phenoxy) is 2. The molecule has 1 heterocycles. The van der Waals surface area contributed by atoms with E-state index in [1.807, 2.05) is 6.92 Å². The Morgan fingerprint density at radius 1 is 1.33 bits per heavy atom. The highest BCUT2D eigenvalue weighted by atomic mass is 79.9. The van der Waals surface area contributed by atoms with E-state index in [1.54, 1.807) is 0 Å². The standard InChI is InChI=1S/C12H12BrF3O2/c1-8-6-17-11(7-13,18-8)9-2-4-10(5-3-9)12(14,15)16/h2-5,8H,6-7H2,1H3/t8-,11?/m1/s1. The Balaban J connectivity index is 2.28. The lowest BCUT2D eigenvalue weighted by molar-refractivity contribution is -0.155. The van der Waals surface area contributed by atoms with Gasteiger partial charge in [-0.1, -0.05) is 28.1 Å². The molecule has 2 rings (SSSR count). The normalized spacial score (nSPS) is 28.6. The lowest BCUT2D eigenvalue weighted by atomic mass is 10.1. The van der Waals surface area contributed by atoms with Crippen molar-refractivity contribution >= 4 is 15.9 Å². The first-order valence-electron chi connectivity index (χ1n) is 5.43. The molecule has 0 saturated carbocycles. The summed E-state index contributed by atoms with van der Waals surface area (Å²) >= 11 is 3.28. The second-order valence-electron chi connectivity index (χ2n) is 4.20. The molecule has 0 aromatic heterocycles. The predicted octanol–water partition coefficient (Wildman–Crippen LogP) is 3.69. The molecule has 1 unspecified atom stereocenters. The third kappa shape index (κ3) is 2.55. The van der Waals surface area contributed by atoms with E-state index in [0.29, 0.717) is 17.5 Å². The maximum atomic E-state index is 12.5. The minimum Gasteiger partial charge on any atom is -0.342 e. The highest BCUT2D eigenvalue weighted by Gasteiger charge is 2.41. The Hall–Kier alpha value is -0.590. The topological polar surface area (TPSA) is 18.5 Å². The van der Waals surface area contributed by atoms with E-state index in [9.17, 15) is 13.2 Å². The van der Waals surface area contributed by atoms with Gasteiger partial charge in [0.1, 0.15) is 0 Å². The first kappa shape index (κ1) is 13.8. The van der Waals surface area contributed by atoms with Crippen LogP contribution in [0, 0.1) is 0 Å². The summed E-state index contributed by atoms with van der Waals surface area (Å²) in [5, 5.41) is 0.371. The molecule has 1 aromatic rings. The summed E-state index contributed by atoms with van der Waals surface area (Å²) in [4.78, 5) is 0. The minimum absolute atomic E-state index is 0.0788. The van der Waals surface area contributed by atoms with Crippen molar-refractivity contribution in [3.63, 3.8) is 0 Å². The molecule has 0 N–H and O–H groups in total. The van der Waals surface area contributed by atoms with Crippen molar-refractivity contribution in [3.05, 3.63) is 35.4 Å². The molecule has 18 heavy (non-hydrogen) atoms. The quantitative estimate of drug-likeness (QED) is 0.772. The number of hydrogen-bond donors (Lipinski definition) is 0. The van der Waals surface area contributed by atoms with E-state index in [2.05, 4.69) is 15.9 Å². The second kappa shape index (κ2) is 4.83. The van der Waals surface area contributed by atoms with Gasteiger partial charge in [0.05, 0.1) is 23.6 Å². The molecule has 1 aromatic carbocycles. The molecule has 1 saturated heterocycles. The van der Waals surface area contributed by atoms with Crippen molar-refractivity contribution in [1.82, 2.24) is 0 Å². The fourth-order valence-corrected chi connectivity index (χ4v) is 2.47. The highest BCUT2D eigenvalue weighted by molar-refractivity contribution is 9.09. The van der Waals surface area contributed by atoms with Gasteiger partial charge in [-0.3, -0.25) is 0 Å². The number of benzene rings is 1. The van der Waals surface area contributed by atoms with Gasteiger partial charge in [0.2, 0.25) is 5.79 Å². The highest BCUT2D eigenvalue weighted by Crippen LogP contribution is 2.37. The SMILES string of the molecule is C[C@@H]1COC(CBr)(c2ccc(C(F)(F)F)cc2)O1. The minimum atomic E-state index is -4.33. The van der Waals surface area contributed by atoms with E-state index in [0.717, 1.165) is 12.1 Å². The fraction of sp³-hybridized carbons (Fsp3) is 0.500. The summed E-state index contributed by atoms with van der Waals surface area (Å²) in [6.07, 6.45) is -4.41. The van der Waals surface area contributed by atoms with Gasteiger partial charge >= 0.3 is 6.18 Å². The Labute approximate surface area is 111 Å². The van der Waals surface area contributed by atoms with E-state index < -0.39 is 17.5 Å². The van der Waals surface area contributed by atoms with Crippen LogP contribution in [0.2, 0.25) is 0 Å². The molecule has 0 aliphatic carbocycles. The first-order chi connectivity index (χ1) is 8.37.